The third-order valence-electron chi connectivity index (χ3n) is 3.00. The standard InChI is InChI=1S/C15H10ClF2N3OS/c16-10-5-19-21(7-10)6-9-3-14(23-8-9)15(22)20-13-2-1-11(17)4-12(13)18/h1-5,7-8H,6H2,(H,20,22). The highest BCUT2D eigenvalue weighted by Crippen LogP contribution is 2.20. The van der Waals surface area contributed by atoms with Crippen molar-refractivity contribution in [2.75, 3.05) is 5.32 Å². The molecule has 1 N–H and O–H groups in total. The molecule has 0 saturated carbocycles. The van der Waals surface area contributed by atoms with Crippen LogP contribution in [0.25, 0.3) is 0 Å². The molecule has 3 aromatic rings. The van der Waals surface area contributed by atoms with E-state index in [1.54, 1.807) is 16.9 Å². The Kier molecular flexibility index (Phi) is 4.40. The van der Waals surface area contributed by atoms with Crippen LogP contribution >= 0.6 is 22.9 Å². The predicted molar refractivity (Wildman–Crippen MR) is 85.0 cm³/mol. The normalized spacial score (nSPS) is 10.7. The van der Waals surface area contributed by atoms with Gasteiger partial charge >= 0.3 is 0 Å². The van der Waals surface area contributed by atoms with Crippen LogP contribution in [-0.2, 0) is 6.54 Å². The maximum atomic E-state index is 13.5. The number of carbonyl (C=O) groups is 1. The van der Waals surface area contributed by atoms with Gasteiger partial charge in [-0.2, -0.15) is 5.10 Å². The summed E-state index contributed by atoms with van der Waals surface area (Å²) < 4.78 is 28.0. The maximum absolute atomic E-state index is 13.5. The average Bonchev–Trinajstić information content (AvgIpc) is 3.12. The van der Waals surface area contributed by atoms with E-state index in [1.807, 2.05) is 5.38 Å². The van der Waals surface area contributed by atoms with Gasteiger partial charge in [-0.25, -0.2) is 8.78 Å². The Hall–Kier alpha value is -2.25. The number of nitrogens with one attached hydrogen (secondary N) is 1. The van der Waals surface area contributed by atoms with Gasteiger partial charge in [-0.15, -0.1) is 11.3 Å². The van der Waals surface area contributed by atoms with Crippen molar-refractivity contribution in [2.45, 2.75) is 6.54 Å². The second-order valence-electron chi connectivity index (χ2n) is 4.75. The zero-order chi connectivity index (χ0) is 16.4. The van der Waals surface area contributed by atoms with Crippen molar-refractivity contribution in [3.63, 3.8) is 0 Å². The monoisotopic (exact) mass is 353 g/mol. The fourth-order valence-electron chi connectivity index (χ4n) is 1.96. The van der Waals surface area contributed by atoms with E-state index in [2.05, 4.69) is 10.4 Å². The van der Waals surface area contributed by atoms with Gasteiger partial charge in [-0.3, -0.25) is 9.48 Å². The molecule has 0 spiro atoms. The molecule has 1 amide bonds. The number of nitrogens with zero attached hydrogens (tertiary/aromatic N) is 2. The molecular weight excluding hydrogens is 344 g/mol. The van der Waals surface area contributed by atoms with Gasteiger partial charge in [-0.1, -0.05) is 11.6 Å². The maximum Gasteiger partial charge on any atom is 0.265 e. The number of carbonyl (C=O) groups excluding carboxylic acids is 1. The number of hydrogen-bond donors (Lipinski definition) is 1. The van der Waals surface area contributed by atoms with Crippen LogP contribution in [0.3, 0.4) is 0 Å². The van der Waals surface area contributed by atoms with Gasteiger partial charge in [0.1, 0.15) is 11.6 Å². The van der Waals surface area contributed by atoms with Crippen LogP contribution in [0.4, 0.5) is 14.5 Å². The molecule has 4 nitrogen and oxygen atoms in total. The van der Waals surface area contributed by atoms with Crippen LogP contribution in [0.1, 0.15) is 15.2 Å². The molecule has 2 heterocycles. The highest BCUT2D eigenvalue weighted by atomic mass is 35.5. The van der Waals surface area contributed by atoms with Gasteiger partial charge in [-0.05, 0) is 29.1 Å². The first-order valence-corrected chi connectivity index (χ1v) is 7.79. The first-order chi connectivity index (χ1) is 11.0. The molecule has 118 valence electrons. The van der Waals surface area contributed by atoms with E-state index in [1.165, 1.54) is 23.6 Å². The van der Waals surface area contributed by atoms with Crippen LogP contribution in [0.5, 0.6) is 0 Å². The first-order valence-electron chi connectivity index (χ1n) is 6.53. The Morgan fingerprint density at radius 1 is 1.35 bits per heavy atom. The highest BCUT2D eigenvalue weighted by molar-refractivity contribution is 7.12. The van der Waals surface area contributed by atoms with Gasteiger partial charge in [0.25, 0.3) is 5.91 Å². The molecule has 0 aliphatic carbocycles. The molecule has 0 radical (unpaired) electrons. The van der Waals surface area contributed by atoms with Crippen molar-refractivity contribution in [1.82, 2.24) is 9.78 Å². The fourth-order valence-corrected chi connectivity index (χ4v) is 2.92. The molecule has 2 aromatic heterocycles. The molecule has 0 saturated heterocycles. The van der Waals surface area contributed by atoms with Crippen LogP contribution in [0, 0.1) is 11.6 Å². The zero-order valence-electron chi connectivity index (χ0n) is 11.6. The topological polar surface area (TPSA) is 46.9 Å². The number of thiophene rings is 1. The number of hydrogen-bond acceptors (Lipinski definition) is 3. The summed E-state index contributed by atoms with van der Waals surface area (Å²) in [5.41, 5.74) is 0.810. The van der Waals surface area contributed by atoms with Crippen molar-refractivity contribution in [3.8, 4) is 0 Å². The first kappa shape index (κ1) is 15.6. The molecular formula is C15H10ClF2N3OS. The highest BCUT2D eigenvalue weighted by Gasteiger charge is 2.13. The summed E-state index contributed by atoms with van der Waals surface area (Å²) in [6, 6.07) is 4.68. The van der Waals surface area contributed by atoms with Crippen molar-refractivity contribution in [1.29, 1.82) is 0 Å². The Morgan fingerprint density at radius 3 is 2.87 bits per heavy atom. The molecule has 23 heavy (non-hydrogen) atoms. The molecule has 0 fully saturated rings. The third-order valence-corrected chi connectivity index (χ3v) is 4.18. The van der Waals surface area contributed by atoms with Gasteiger partial charge in [0.05, 0.1) is 28.3 Å². The minimum absolute atomic E-state index is 0.0646. The molecule has 3 rings (SSSR count). The Balaban J connectivity index is 1.70. The SMILES string of the molecule is O=C(Nc1ccc(F)cc1F)c1cc(Cn2cc(Cl)cn2)cs1. The van der Waals surface area contributed by atoms with Crippen molar-refractivity contribution < 1.29 is 13.6 Å². The summed E-state index contributed by atoms with van der Waals surface area (Å²) in [7, 11) is 0. The van der Waals surface area contributed by atoms with E-state index in [9.17, 15) is 13.6 Å². The van der Waals surface area contributed by atoms with Crippen LogP contribution in [-0.4, -0.2) is 15.7 Å². The lowest BCUT2D eigenvalue weighted by molar-refractivity contribution is 0.103. The number of aromatic nitrogens is 2. The fraction of sp³-hybridized carbons (Fsp3) is 0.0667. The number of benzene rings is 1. The molecule has 0 unspecified atom stereocenters. The Morgan fingerprint density at radius 2 is 2.17 bits per heavy atom. The Labute approximate surface area is 139 Å². The summed E-state index contributed by atoms with van der Waals surface area (Å²) in [4.78, 5) is 12.5. The van der Waals surface area contributed by atoms with Crippen LogP contribution in [0.15, 0.2) is 42.0 Å². The van der Waals surface area contributed by atoms with Crippen LogP contribution < -0.4 is 5.32 Å². The quantitative estimate of drug-likeness (QED) is 0.765. The lowest BCUT2D eigenvalue weighted by atomic mass is 10.2. The number of anilines is 1. The smallest absolute Gasteiger partial charge is 0.265 e. The lowest BCUT2D eigenvalue weighted by Gasteiger charge is -2.04. The zero-order valence-corrected chi connectivity index (χ0v) is 13.2. The van der Waals surface area contributed by atoms with Gasteiger partial charge in [0.15, 0.2) is 0 Å². The summed E-state index contributed by atoms with van der Waals surface area (Å²) >= 11 is 7.02. The van der Waals surface area contributed by atoms with Gasteiger partial charge in [0.2, 0.25) is 0 Å². The second-order valence-corrected chi connectivity index (χ2v) is 6.10. The summed E-state index contributed by atoms with van der Waals surface area (Å²) in [6.45, 7) is 0.474. The number of amides is 1. The predicted octanol–water partition coefficient (Wildman–Crippen LogP) is 4.18. The average molecular weight is 354 g/mol. The van der Waals surface area contributed by atoms with E-state index in [-0.39, 0.29) is 5.69 Å². The van der Waals surface area contributed by atoms with E-state index in [0.29, 0.717) is 16.4 Å². The number of rotatable bonds is 4. The largest absolute Gasteiger partial charge is 0.319 e. The van der Waals surface area contributed by atoms with E-state index >= 15 is 0 Å². The molecule has 0 bridgehead atoms. The van der Waals surface area contributed by atoms with E-state index < -0.39 is 17.5 Å². The summed E-state index contributed by atoms with van der Waals surface area (Å²) in [5.74, 6) is -1.97. The summed E-state index contributed by atoms with van der Waals surface area (Å²) in [6.07, 6.45) is 3.20. The Bertz CT molecular complexity index is 862. The minimum Gasteiger partial charge on any atom is -0.319 e. The molecule has 0 aliphatic heterocycles. The van der Waals surface area contributed by atoms with E-state index in [0.717, 1.165) is 17.7 Å². The van der Waals surface area contributed by atoms with Crippen molar-refractivity contribution in [3.05, 3.63) is 69.1 Å². The lowest BCUT2D eigenvalue weighted by Crippen LogP contribution is -2.11. The second kappa shape index (κ2) is 6.47. The number of halogens is 3. The van der Waals surface area contributed by atoms with Crippen molar-refractivity contribution >= 4 is 34.5 Å². The molecule has 0 aliphatic rings. The van der Waals surface area contributed by atoms with Gasteiger partial charge in [0, 0.05) is 12.3 Å². The van der Waals surface area contributed by atoms with Gasteiger partial charge < -0.3 is 5.32 Å². The minimum atomic E-state index is -0.818. The molecule has 0 atom stereocenters. The third kappa shape index (κ3) is 3.75. The van der Waals surface area contributed by atoms with Crippen LogP contribution in [0.2, 0.25) is 5.02 Å². The van der Waals surface area contributed by atoms with E-state index in [4.69, 9.17) is 11.6 Å². The summed E-state index contributed by atoms with van der Waals surface area (Å²) in [5, 5.41) is 8.82. The molecule has 1 aromatic carbocycles. The molecule has 8 heteroatoms. The van der Waals surface area contributed by atoms with Crippen molar-refractivity contribution in [2.24, 2.45) is 0 Å².